The molecule has 0 spiro atoms. The van der Waals surface area contributed by atoms with Crippen LogP contribution in [-0.4, -0.2) is 8.07 Å². The highest BCUT2D eigenvalue weighted by Gasteiger charge is 2.28. The smallest absolute Gasteiger partial charge is 0.198 e. The number of nitrogens with zero attached hydrogens (tertiary/aromatic N) is 1. The Morgan fingerprint density at radius 3 is 1.97 bits per heavy atom. The minimum atomic E-state index is -1.78. The predicted octanol–water partition coefficient (Wildman–Crippen LogP) is 6.75. The van der Waals surface area contributed by atoms with Gasteiger partial charge in [-0.15, -0.1) is 0 Å². The van der Waals surface area contributed by atoms with Crippen molar-refractivity contribution in [2.24, 2.45) is 7.05 Å². The summed E-state index contributed by atoms with van der Waals surface area (Å²) >= 11 is 0. The molecule has 0 aliphatic rings. The first-order chi connectivity index (χ1) is 16.8. The van der Waals surface area contributed by atoms with Crippen molar-refractivity contribution in [2.45, 2.75) is 33.9 Å². The average molecular weight is 473 g/mol. The van der Waals surface area contributed by atoms with Crippen LogP contribution < -0.4 is 14.9 Å². The lowest BCUT2D eigenvalue weighted by Crippen LogP contribution is -2.52. The van der Waals surface area contributed by atoms with Crippen LogP contribution >= 0.6 is 0 Å². The molecule has 1 heterocycles. The van der Waals surface area contributed by atoms with Crippen LogP contribution in [0.25, 0.3) is 33.2 Å². The summed E-state index contributed by atoms with van der Waals surface area (Å²) in [5.74, 6) is 0. The molecule has 0 N–H and O–H groups in total. The van der Waals surface area contributed by atoms with Gasteiger partial charge >= 0.3 is 0 Å². The average Bonchev–Trinajstić information content (AvgIpc) is 2.87. The fourth-order valence-corrected chi connectivity index (χ4v) is 7.59. The second kappa shape index (κ2) is 8.94. The number of hydrogen-bond donors (Lipinski definition) is 0. The van der Waals surface area contributed by atoms with Crippen molar-refractivity contribution in [1.82, 2.24) is 0 Å². The zero-order valence-corrected chi connectivity index (χ0v) is 22.7. The van der Waals surface area contributed by atoms with Crippen LogP contribution in [0.3, 0.4) is 0 Å². The first kappa shape index (κ1) is 23.3. The maximum absolute atomic E-state index is 2.46. The van der Waals surface area contributed by atoms with Gasteiger partial charge in [0.05, 0.1) is 10.9 Å². The van der Waals surface area contributed by atoms with Crippen LogP contribution in [0.5, 0.6) is 0 Å². The molecule has 0 amide bonds. The first-order valence-electron chi connectivity index (χ1n) is 12.4. The van der Waals surface area contributed by atoms with Gasteiger partial charge in [-0.3, -0.25) is 0 Å². The fraction of sp³-hybridized carbons (Fsp3) is 0.182. The third-order valence-corrected chi connectivity index (χ3v) is 11.3. The SMILES string of the molecule is Cc1cc(-c2ccccc2)cc(-c2c3ccc([Si](C)(C)c4ccccc4)cc3cc(C)[n+]2C)c1C. The maximum atomic E-state index is 2.46. The Kier molecular flexibility index (Phi) is 5.94. The molecule has 1 nitrogen and oxygen atoms in total. The van der Waals surface area contributed by atoms with Crippen molar-refractivity contribution < 1.29 is 4.57 Å². The number of fused-ring (bicyclic) bond motifs is 1. The molecule has 0 bridgehead atoms. The second-order valence-corrected chi connectivity index (χ2v) is 14.7. The molecule has 174 valence electrons. The van der Waals surface area contributed by atoms with Crippen molar-refractivity contribution in [3.63, 3.8) is 0 Å². The van der Waals surface area contributed by atoms with Crippen LogP contribution in [-0.2, 0) is 7.05 Å². The largest absolute Gasteiger partial charge is 0.220 e. The lowest BCUT2D eigenvalue weighted by molar-refractivity contribution is -0.665. The molecule has 0 atom stereocenters. The van der Waals surface area contributed by atoms with Crippen LogP contribution in [0.4, 0.5) is 0 Å². The fourth-order valence-electron chi connectivity index (χ4n) is 5.22. The summed E-state index contributed by atoms with van der Waals surface area (Å²) in [6.45, 7) is 11.6. The van der Waals surface area contributed by atoms with Gasteiger partial charge in [0, 0.05) is 13.0 Å². The van der Waals surface area contributed by atoms with E-state index in [2.05, 4.69) is 143 Å². The van der Waals surface area contributed by atoms with Crippen LogP contribution in [0.15, 0.2) is 97.1 Å². The standard InChI is InChI=1S/C33H34NSi/c1-23-19-27(26-13-9-7-10-14-26)22-32(25(23)3)33-31-18-17-30(21-28(31)20-24(2)34(33)4)35(5,6)29-15-11-8-12-16-29/h7-22H,1-6H3/q+1. The molecule has 5 aromatic rings. The molecular weight excluding hydrogens is 438 g/mol. The zero-order chi connectivity index (χ0) is 24.7. The highest BCUT2D eigenvalue weighted by Crippen LogP contribution is 2.34. The van der Waals surface area contributed by atoms with Gasteiger partial charge < -0.3 is 0 Å². The molecule has 5 rings (SSSR count). The Morgan fingerprint density at radius 2 is 1.29 bits per heavy atom. The van der Waals surface area contributed by atoms with Gasteiger partial charge in [-0.05, 0) is 53.6 Å². The highest BCUT2D eigenvalue weighted by atomic mass is 28.3. The summed E-state index contributed by atoms with van der Waals surface area (Å²) in [6.07, 6.45) is 0. The zero-order valence-electron chi connectivity index (χ0n) is 21.7. The third-order valence-electron chi connectivity index (χ3n) is 7.78. The second-order valence-electron chi connectivity index (χ2n) is 10.3. The summed E-state index contributed by atoms with van der Waals surface area (Å²) in [5, 5.41) is 5.58. The molecule has 0 aliphatic carbocycles. The van der Waals surface area contributed by atoms with Gasteiger partial charge in [-0.25, -0.2) is 0 Å². The monoisotopic (exact) mass is 472 g/mol. The number of rotatable bonds is 4. The van der Waals surface area contributed by atoms with E-state index in [1.54, 1.807) is 0 Å². The first-order valence-corrected chi connectivity index (χ1v) is 15.4. The summed E-state index contributed by atoms with van der Waals surface area (Å²) in [5.41, 5.74) is 9.07. The summed E-state index contributed by atoms with van der Waals surface area (Å²) in [6, 6.07) is 36.0. The normalized spacial score (nSPS) is 11.7. The van der Waals surface area contributed by atoms with Crippen LogP contribution in [0.1, 0.15) is 16.8 Å². The molecule has 2 heteroatoms. The molecule has 0 saturated carbocycles. The lowest BCUT2D eigenvalue weighted by Gasteiger charge is -2.24. The van der Waals surface area contributed by atoms with Gasteiger partial charge in [0.25, 0.3) is 0 Å². The summed E-state index contributed by atoms with van der Waals surface area (Å²) in [7, 11) is 0.419. The number of pyridine rings is 1. The van der Waals surface area contributed by atoms with Crippen LogP contribution in [0.2, 0.25) is 13.1 Å². The van der Waals surface area contributed by atoms with E-state index in [1.807, 2.05) is 0 Å². The molecular formula is C33H34NSi+. The molecule has 1 aromatic heterocycles. The highest BCUT2D eigenvalue weighted by molar-refractivity contribution is 7.00. The minimum Gasteiger partial charge on any atom is -0.198 e. The van der Waals surface area contributed by atoms with E-state index in [0.29, 0.717) is 0 Å². The van der Waals surface area contributed by atoms with Crippen molar-refractivity contribution in [2.75, 3.05) is 0 Å². The van der Waals surface area contributed by atoms with Crippen molar-refractivity contribution >= 4 is 29.2 Å². The van der Waals surface area contributed by atoms with E-state index >= 15 is 0 Å². The molecule has 0 fully saturated rings. The van der Waals surface area contributed by atoms with E-state index in [-0.39, 0.29) is 0 Å². The van der Waals surface area contributed by atoms with E-state index in [0.717, 1.165) is 0 Å². The number of aryl methyl sites for hydroxylation is 2. The van der Waals surface area contributed by atoms with E-state index < -0.39 is 8.07 Å². The third kappa shape index (κ3) is 4.13. The van der Waals surface area contributed by atoms with E-state index in [4.69, 9.17) is 0 Å². The van der Waals surface area contributed by atoms with Crippen molar-refractivity contribution in [3.8, 4) is 22.4 Å². The predicted molar refractivity (Wildman–Crippen MR) is 153 cm³/mol. The van der Waals surface area contributed by atoms with Gasteiger partial charge in [0.15, 0.2) is 5.69 Å². The van der Waals surface area contributed by atoms with Crippen molar-refractivity contribution in [3.05, 3.63) is 114 Å². The molecule has 0 saturated heterocycles. The van der Waals surface area contributed by atoms with Crippen molar-refractivity contribution in [1.29, 1.82) is 0 Å². The Bertz CT molecular complexity index is 1530. The molecule has 4 aromatic carbocycles. The van der Waals surface area contributed by atoms with E-state index in [1.165, 1.54) is 60.4 Å². The van der Waals surface area contributed by atoms with Crippen LogP contribution in [0, 0.1) is 20.8 Å². The Labute approximate surface area is 210 Å². The minimum absolute atomic E-state index is 1.26. The number of benzene rings is 4. The summed E-state index contributed by atoms with van der Waals surface area (Å²) < 4.78 is 2.36. The Morgan fingerprint density at radius 1 is 0.629 bits per heavy atom. The number of hydrogen-bond acceptors (Lipinski definition) is 0. The Balaban J connectivity index is 1.74. The quantitative estimate of drug-likeness (QED) is 0.201. The molecule has 0 aliphatic heterocycles. The summed E-state index contributed by atoms with van der Waals surface area (Å²) in [4.78, 5) is 0. The Hall–Kier alpha value is -3.49. The molecule has 35 heavy (non-hydrogen) atoms. The lowest BCUT2D eigenvalue weighted by atomic mass is 9.92. The topological polar surface area (TPSA) is 3.88 Å². The molecule has 0 unspecified atom stereocenters. The van der Waals surface area contributed by atoms with Gasteiger partial charge in [-0.1, -0.05) is 102 Å². The van der Waals surface area contributed by atoms with Gasteiger partial charge in [0.1, 0.15) is 15.1 Å². The van der Waals surface area contributed by atoms with Gasteiger partial charge in [0.2, 0.25) is 5.69 Å². The van der Waals surface area contributed by atoms with E-state index in [9.17, 15) is 0 Å². The van der Waals surface area contributed by atoms with Gasteiger partial charge in [-0.2, -0.15) is 4.57 Å². The number of aromatic nitrogens is 1. The maximum Gasteiger partial charge on any atom is 0.220 e. The molecule has 0 radical (unpaired) electrons.